The molecule has 2 N–H and O–H groups in total. The van der Waals surface area contributed by atoms with Gasteiger partial charge in [-0.1, -0.05) is 20.8 Å². The first-order valence-corrected chi connectivity index (χ1v) is 14.5. The number of rotatable bonds is 5. The zero-order chi connectivity index (χ0) is 29.2. The van der Waals surface area contributed by atoms with Gasteiger partial charge < -0.3 is 43.1 Å². The van der Waals surface area contributed by atoms with Crippen LogP contribution in [0.1, 0.15) is 71.5 Å². The minimum atomic E-state index is -2.03. The van der Waals surface area contributed by atoms with Crippen molar-refractivity contribution in [1.29, 1.82) is 0 Å². The highest BCUT2D eigenvalue weighted by molar-refractivity contribution is 5.74. The third-order valence-electron chi connectivity index (χ3n) is 13.2. The molecule has 41 heavy (non-hydrogen) atoms. The van der Waals surface area contributed by atoms with Gasteiger partial charge in [0, 0.05) is 48.2 Å². The third-order valence-corrected chi connectivity index (χ3v) is 13.2. The molecule has 4 bridgehead atoms. The zero-order valence-corrected chi connectivity index (χ0v) is 24.2. The second-order valence-corrected chi connectivity index (χ2v) is 14.4. The highest BCUT2D eigenvalue weighted by atomic mass is 16.9. The number of aliphatic hydroxyl groups is 2. The predicted molar refractivity (Wildman–Crippen MR) is 136 cm³/mol. The van der Waals surface area contributed by atoms with Crippen molar-refractivity contribution < 1.29 is 52.6 Å². The molecule has 0 amide bonds. The lowest BCUT2D eigenvalue weighted by Gasteiger charge is -2.77. The van der Waals surface area contributed by atoms with Gasteiger partial charge in [-0.3, -0.25) is 9.59 Å². The van der Waals surface area contributed by atoms with E-state index in [0.717, 1.165) is 5.56 Å². The van der Waals surface area contributed by atoms with Gasteiger partial charge >= 0.3 is 11.9 Å². The van der Waals surface area contributed by atoms with Gasteiger partial charge in [-0.2, -0.15) is 0 Å². The third kappa shape index (κ3) is 2.31. The molecule has 224 valence electrons. The molecule has 0 aromatic carbocycles. The van der Waals surface area contributed by atoms with Crippen LogP contribution < -0.4 is 0 Å². The maximum absolute atomic E-state index is 13.5. The molecule has 0 radical (unpaired) electrons. The first-order valence-electron chi connectivity index (χ1n) is 14.5. The highest BCUT2D eigenvalue weighted by Gasteiger charge is 3.03. The van der Waals surface area contributed by atoms with Crippen LogP contribution in [0.4, 0.5) is 0 Å². The van der Waals surface area contributed by atoms with Crippen molar-refractivity contribution in [3.63, 3.8) is 0 Å². The SMILES string of the molecule is COC(=O)CC1C2(C)CC34OC5(C)OC67C(CC(=O)OC6C3(O)C2O)C(C)(C(OC)c2ccoc2)CCC7(O5)C14C. The Kier molecular flexibility index (Phi) is 4.67. The Balaban J connectivity index is 1.43. The molecule has 11 nitrogen and oxygen atoms in total. The fraction of sp³-hybridized carbons (Fsp3) is 0.800. The number of furan rings is 1. The molecule has 7 aliphatic rings. The largest absolute Gasteiger partial charge is 0.472 e. The average Bonchev–Trinajstić information content (AvgIpc) is 3.60. The quantitative estimate of drug-likeness (QED) is 0.501. The Hall–Kier alpha value is -2.02. The number of fused-ring (bicyclic) bond motifs is 3. The summed E-state index contributed by atoms with van der Waals surface area (Å²) in [5.41, 5.74) is -7.88. The van der Waals surface area contributed by atoms with E-state index in [0.29, 0.717) is 12.8 Å². The van der Waals surface area contributed by atoms with E-state index in [4.69, 9.17) is 32.8 Å². The van der Waals surface area contributed by atoms with Gasteiger partial charge in [-0.25, -0.2) is 0 Å². The molecule has 13 atom stereocenters. The standard InChI is InChI=1S/C30H38O11/c1-23(20(36-6)15-7-10-37-13-15)8-9-27-25(3)16(11-18(31)35-5)24(2)14-28(25)29(34,21(24)33)22-30(27,17(23)12-19(32)38-22)41-26(4,39-27)40-28/h7,10,13,16-17,20-22,33-34H,8-9,11-12,14H2,1-6H3. The number of methoxy groups -OCH3 is 2. The molecule has 1 aromatic heterocycles. The van der Waals surface area contributed by atoms with E-state index in [1.807, 2.05) is 19.9 Å². The Bertz CT molecular complexity index is 1360. The number of carbonyl (C=O) groups is 2. The van der Waals surface area contributed by atoms with Crippen LogP contribution in [0.3, 0.4) is 0 Å². The van der Waals surface area contributed by atoms with E-state index in [1.165, 1.54) is 7.11 Å². The van der Waals surface area contributed by atoms with Crippen molar-refractivity contribution in [1.82, 2.24) is 0 Å². The van der Waals surface area contributed by atoms with Gasteiger partial charge in [-0.05, 0) is 31.2 Å². The summed E-state index contributed by atoms with van der Waals surface area (Å²) in [5.74, 6) is -3.56. The van der Waals surface area contributed by atoms with E-state index < -0.39 is 86.7 Å². The molecule has 7 fully saturated rings. The Morgan fingerprint density at radius 1 is 1.12 bits per heavy atom. The molecular weight excluding hydrogens is 536 g/mol. The molecule has 11 heteroatoms. The van der Waals surface area contributed by atoms with Gasteiger partial charge in [-0.15, -0.1) is 0 Å². The molecule has 4 heterocycles. The van der Waals surface area contributed by atoms with Crippen molar-refractivity contribution in [2.75, 3.05) is 14.2 Å². The van der Waals surface area contributed by atoms with E-state index in [1.54, 1.807) is 26.6 Å². The van der Waals surface area contributed by atoms with Crippen LogP contribution in [0.15, 0.2) is 23.0 Å². The van der Waals surface area contributed by atoms with Crippen molar-refractivity contribution in [2.45, 2.75) is 106 Å². The summed E-state index contributed by atoms with van der Waals surface area (Å²) in [6.45, 7) is 7.66. The lowest BCUT2D eigenvalue weighted by atomic mass is 9.33. The number of hydrogen-bond donors (Lipinski definition) is 2. The van der Waals surface area contributed by atoms with Crippen LogP contribution >= 0.6 is 0 Å². The Labute approximate surface area is 237 Å². The molecule has 1 aromatic rings. The lowest BCUT2D eigenvalue weighted by molar-refractivity contribution is -0.479. The maximum atomic E-state index is 13.5. The van der Waals surface area contributed by atoms with E-state index in [2.05, 4.69) is 6.92 Å². The van der Waals surface area contributed by atoms with E-state index >= 15 is 0 Å². The number of ether oxygens (including phenoxy) is 6. The fourth-order valence-electron chi connectivity index (χ4n) is 12.1. The molecule has 3 saturated heterocycles. The second-order valence-electron chi connectivity index (χ2n) is 14.4. The Morgan fingerprint density at radius 2 is 1.85 bits per heavy atom. The summed E-state index contributed by atoms with van der Waals surface area (Å²) in [6.07, 6.45) is 1.35. The number of aliphatic hydroxyl groups excluding tert-OH is 1. The van der Waals surface area contributed by atoms with Gasteiger partial charge in [0.15, 0.2) is 11.7 Å². The van der Waals surface area contributed by atoms with Crippen molar-refractivity contribution in [3.8, 4) is 0 Å². The Morgan fingerprint density at radius 3 is 2.51 bits per heavy atom. The normalized spacial score (nSPS) is 57.8. The molecule has 8 rings (SSSR count). The zero-order valence-electron chi connectivity index (χ0n) is 24.2. The first kappa shape index (κ1) is 26.6. The van der Waals surface area contributed by atoms with Crippen LogP contribution in [0, 0.1) is 28.1 Å². The van der Waals surface area contributed by atoms with Gasteiger partial charge in [0.2, 0.25) is 0 Å². The first-order chi connectivity index (χ1) is 19.2. The van der Waals surface area contributed by atoms with Gasteiger partial charge in [0.1, 0.15) is 16.8 Å². The van der Waals surface area contributed by atoms with Crippen molar-refractivity contribution in [3.05, 3.63) is 24.2 Å². The minimum Gasteiger partial charge on any atom is -0.472 e. The molecule has 3 aliphatic heterocycles. The van der Waals surface area contributed by atoms with Crippen LogP contribution in [-0.4, -0.2) is 77.0 Å². The van der Waals surface area contributed by atoms with Crippen molar-refractivity contribution in [2.24, 2.45) is 28.1 Å². The predicted octanol–water partition coefficient (Wildman–Crippen LogP) is 2.38. The topological polar surface area (TPSA) is 143 Å². The van der Waals surface area contributed by atoms with Crippen LogP contribution in [0.2, 0.25) is 0 Å². The summed E-state index contributed by atoms with van der Waals surface area (Å²) in [5, 5.41) is 25.2. The summed E-state index contributed by atoms with van der Waals surface area (Å²) in [7, 11) is 2.97. The molecule has 4 saturated carbocycles. The van der Waals surface area contributed by atoms with Crippen LogP contribution in [0.5, 0.6) is 0 Å². The maximum Gasteiger partial charge on any atom is 0.306 e. The highest BCUT2D eigenvalue weighted by Crippen LogP contribution is 2.89. The van der Waals surface area contributed by atoms with Crippen LogP contribution in [-0.2, 0) is 38.0 Å². The van der Waals surface area contributed by atoms with E-state index in [-0.39, 0.29) is 19.3 Å². The monoisotopic (exact) mass is 574 g/mol. The molecule has 4 aliphatic carbocycles. The molecular formula is C30H38O11. The molecule has 13 unspecified atom stereocenters. The second kappa shape index (κ2) is 7.19. The van der Waals surface area contributed by atoms with Gasteiger partial charge in [0.25, 0.3) is 5.97 Å². The number of esters is 2. The number of carbonyl (C=O) groups excluding carboxylic acids is 2. The number of hydrogen-bond acceptors (Lipinski definition) is 11. The fourth-order valence-corrected chi connectivity index (χ4v) is 12.1. The lowest BCUT2D eigenvalue weighted by Crippen LogP contribution is -2.94. The average molecular weight is 575 g/mol. The summed E-state index contributed by atoms with van der Waals surface area (Å²) in [6, 6.07) is 1.85. The minimum absolute atomic E-state index is 0.00174. The van der Waals surface area contributed by atoms with Crippen LogP contribution in [0.25, 0.3) is 0 Å². The summed E-state index contributed by atoms with van der Waals surface area (Å²) < 4.78 is 43.6. The smallest absolute Gasteiger partial charge is 0.306 e. The summed E-state index contributed by atoms with van der Waals surface area (Å²) >= 11 is 0. The molecule has 3 spiro atoms. The van der Waals surface area contributed by atoms with Crippen molar-refractivity contribution >= 4 is 11.9 Å². The summed E-state index contributed by atoms with van der Waals surface area (Å²) in [4.78, 5) is 26.5. The van der Waals surface area contributed by atoms with E-state index in [9.17, 15) is 19.8 Å². The van der Waals surface area contributed by atoms with Gasteiger partial charge in [0.05, 0.1) is 38.3 Å².